The van der Waals surface area contributed by atoms with Crippen LogP contribution in [0.3, 0.4) is 0 Å². The zero-order chi connectivity index (χ0) is 15.2. The first kappa shape index (κ1) is 15.5. The number of hydrogen-bond acceptors (Lipinski definition) is 2. The third-order valence-corrected chi connectivity index (χ3v) is 3.91. The maximum absolute atomic E-state index is 11.3. The first-order valence-electron chi connectivity index (χ1n) is 7.46. The maximum atomic E-state index is 11.3. The topological polar surface area (TPSA) is 43.1 Å². The zero-order valence-electron chi connectivity index (χ0n) is 12.8. The molecule has 2 heteroatoms. The number of carbonyl (C=O) groups is 1. The molecule has 2 N–H and O–H groups in total. The molecule has 0 saturated carbocycles. The SMILES string of the molecule is CC(=O)[C@H](C)CC(N)Cc1ccc(-c2ccccc2)cc1. The van der Waals surface area contributed by atoms with E-state index in [0.717, 1.165) is 12.8 Å². The summed E-state index contributed by atoms with van der Waals surface area (Å²) in [5.41, 5.74) is 9.80. The van der Waals surface area contributed by atoms with Crippen LogP contribution in [0.15, 0.2) is 54.6 Å². The monoisotopic (exact) mass is 281 g/mol. The molecule has 2 aromatic carbocycles. The second-order valence-electron chi connectivity index (χ2n) is 5.77. The smallest absolute Gasteiger partial charge is 0.132 e. The predicted molar refractivity (Wildman–Crippen MR) is 88.0 cm³/mol. The Balaban J connectivity index is 1.98. The fourth-order valence-corrected chi connectivity index (χ4v) is 2.47. The van der Waals surface area contributed by atoms with Crippen LogP contribution >= 0.6 is 0 Å². The molecule has 0 fully saturated rings. The lowest BCUT2D eigenvalue weighted by molar-refractivity contribution is -0.120. The second-order valence-corrected chi connectivity index (χ2v) is 5.77. The first-order chi connectivity index (χ1) is 10.1. The van der Waals surface area contributed by atoms with Gasteiger partial charge in [0.2, 0.25) is 0 Å². The lowest BCUT2D eigenvalue weighted by Crippen LogP contribution is -2.27. The van der Waals surface area contributed by atoms with E-state index in [0.29, 0.717) is 0 Å². The van der Waals surface area contributed by atoms with Crippen LogP contribution in [0.5, 0.6) is 0 Å². The largest absolute Gasteiger partial charge is 0.327 e. The summed E-state index contributed by atoms with van der Waals surface area (Å²) < 4.78 is 0. The molecule has 0 aliphatic heterocycles. The van der Waals surface area contributed by atoms with E-state index in [1.54, 1.807) is 6.92 Å². The van der Waals surface area contributed by atoms with Gasteiger partial charge in [-0.15, -0.1) is 0 Å². The molecule has 0 bridgehead atoms. The van der Waals surface area contributed by atoms with Crippen LogP contribution < -0.4 is 5.73 Å². The third-order valence-electron chi connectivity index (χ3n) is 3.91. The Labute approximate surface area is 127 Å². The van der Waals surface area contributed by atoms with Crippen LogP contribution in [-0.2, 0) is 11.2 Å². The van der Waals surface area contributed by atoms with Gasteiger partial charge in [0, 0.05) is 12.0 Å². The number of nitrogens with two attached hydrogens (primary N) is 1. The normalized spacial score (nSPS) is 13.7. The van der Waals surface area contributed by atoms with E-state index in [2.05, 4.69) is 36.4 Å². The van der Waals surface area contributed by atoms with Crippen molar-refractivity contribution in [1.29, 1.82) is 0 Å². The molecule has 2 nitrogen and oxygen atoms in total. The number of ketones is 1. The van der Waals surface area contributed by atoms with Gasteiger partial charge in [0.1, 0.15) is 5.78 Å². The Kier molecular flexibility index (Phi) is 5.29. The van der Waals surface area contributed by atoms with Crippen molar-refractivity contribution in [2.45, 2.75) is 32.7 Å². The quantitative estimate of drug-likeness (QED) is 0.874. The van der Waals surface area contributed by atoms with Gasteiger partial charge in [-0.3, -0.25) is 4.79 Å². The summed E-state index contributed by atoms with van der Waals surface area (Å²) in [4.78, 5) is 11.3. The molecule has 0 heterocycles. The van der Waals surface area contributed by atoms with Gasteiger partial charge in [0.15, 0.2) is 0 Å². The zero-order valence-corrected chi connectivity index (χ0v) is 12.8. The summed E-state index contributed by atoms with van der Waals surface area (Å²) >= 11 is 0. The number of rotatable bonds is 6. The van der Waals surface area contributed by atoms with E-state index in [1.807, 2.05) is 25.1 Å². The van der Waals surface area contributed by atoms with Crippen molar-refractivity contribution in [1.82, 2.24) is 0 Å². The van der Waals surface area contributed by atoms with Crippen molar-refractivity contribution in [3.8, 4) is 11.1 Å². The molecule has 2 atom stereocenters. The minimum absolute atomic E-state index is 0.0338. The summed E-state index contributed by atoms with van der Waals surface area (Å²) in [5.74, 6) is 0.258. The Hall–Kier alpha value is -1.93. The van der Waals surface area contributed by atoms with Crippen molar-refractivity contribution in [3.05, 3.63) is 60.2 Å². The van der Waals surface area contributed by atoms with Crippen molar-refractivity contribution >= 4 is 5.78 Å². The van der Waals surface area contributed by atoms with Gasteiger partial charge in [-0.1, -0.05) is 61.5 Å². The van der Waals surface area contributed by atoms with Gasteiger partial charge in [0.25, 0.3) is 0 Å². The van der Waals surface area contributed by atoms with Gasteiger partial charge in [-0.2, -0.15) is 0 Å². The fourth-order valence-electron chi connectivity index (χ4n) is 2.47. The molecule has 2 aromatic rings. The van der Waals surface area contributed by atoms with E-state index in [-0.39, 0.29) is 17.7 Å². The fraction of sp³-hybridized carbons (Fsp3) is 0.316. The lowest BCUT2D eigenvalue weighted by Gasteiger charge is -2.15. The molecule has 0 aliphatic carbocycles. The molecule has 0 amide bonds. The minimum atomic E-state index is 0.0338. The Morgan fingerprint density at radius 1 is 1.00 bits per heavy atom. The van der Waals surface area contributed by atoms with E-state index < -0.39 is 0 Å². The molecule has 1 unspecified atom stereocenters. The summed E-state index contributed by atoms with van der Waals surface area (Å²) in [6.07, 6.45) is 1.56. The summed E-state index contributed by atoms with van der Waals surface area (Å²) in [5, 5.41) is 0. The number of hydrogen-bond donors (Lipinski definition) is 1. The van der Waals surface area contributed by atoms with Gasteiger partial charge in [-0.05, 0) is 36.5 Å². The highest BCUT2D eigenvalue weighted by Gasteiger charge is 2.13. The third kappa shape index (κ3) is 4.54. The van der Waals surface area contributed by atoms with Crippen molar-refractivity contribution in [3.63, 3.8) is 0 Å². The van der Waals surface area contributed by atoms with E-state index in [1.165, 1.54) is 16.7 Å². The predicted octanol–water partition coefficient (Wildman–Crippen LogP) is 3.84. The Morgan fingerprint density at radius 2 is 1.57 bits per heavy atom. The second kappa shape index (κ2) is 7.19. The molecule has 110 valence electrons. The van der Waals surface area contributed by atoms with E-state index in [4.69, 9.17) is 5.73 Å². The van der Waals surface area contributed by atoms with Crippen LogP contribution in [0, 0.1) is 5.92 Å². The molecule has 0 saturated heterocycles. The highest BCUT2D eigenvalue weighted by molar-refractivity contribution is 5.77. The molecular formula is C19H23NO. The molecule has 2 rings (SSSR count). The van der Waals surface area contributed by atoms with E-state index >= 15 is 0 Å². The number of benzene rings is 2. The van der Waals surface area contributed by atoms with Crippen LogP contribution in [0.1, 0.15) is 25.8 Å². The minimum Gasteiger partial charge on any atom is -0.327 e. The van der Waals surface area contributed by atoms with Gasteiger partial charge >= 0.3 is 0 Å². The molecule has 21 heavy (non-hydrogen) atoms. The first-order valence-corrected chi connectivity index (χ1v) is 7.46. The molecule has 0 spiro atoms. The van der Waals surface area contributed by atoms with Crippen LogP contribution in [-0.4, -0.2) is 11.8 Å². The average molecular weight is 281 g/mol. The summed E-state index contributed by atoms with van der Waals surface area (Å²) in [7, 11) is 0. The molecule has 0 aliphatic rings. The van der Waals surface area contributed by atoms with Gasteiger partial charge in [-0.25, -0.2) is 0 Å². The van der Waals surface area contributed by atoms with Gasteiger partial charge < -0.3 is 5.73 Å². The lowest BCUT2D eigenvalue weighted by atomic mass is 9.94. The Bertz CT molecular complexity index is 574. The highest BCUT2D eigenvalue weighted by atomic mass is 16.1. The van der Waals surface area contributed by atoms with Crippen LogP contribution in [0.2, 0.25) is 0 Å². The van der Waals surface area contributed by atoms with Crippen molar-refractivity contribution in [2.24, 2.45) is 11.7 Å². The maximum Gasteiger partial charge on any atom is 0.132 e. The Morgan fingerprint density at radius 3 is 2.14 bits per heavy atom. The summed E-state index contributed by atoms with van der Waals surface area (Å²) in [6.45, 7) is 3.58. The average Bonchev–Trinajstić information content (AvgIpc) is 2.48. The number of Topliss-reactive ketones (excluding diaryl/α,β-unsaturated/α-hetero) is 1. The molecule has 0 aromatic heterocycles. The van der Waals surface area contributed by atoms with E-state index in [9.17, 15) is 4.79 Å². The molecular weight excluding hydrogens is 258 g/mol. The van der Waals surface area contributed by atoms with Crippen molar-refractivity contribution in [2.75, 3.05) is 0 Å². The van der Waals surface area contributed by atoms with Crippen LogP contribution in [0.4, 0.5) is 0 Å². The molecule has 0 radical (unpaired) electrons. The summed E-state index contributed by atoms with van der Waals surface area (Å²) in [6, 6.07) is 18.9. The number of carbonyl (C=O) groups excluding carboxylic acids is 1. The highest BCUT2D eigenvalue weighted by Crippen LogP contribution is 2.20. The van der Waals surface area contributed by atoms with Crippen molar-refractivity contribution < 1.29 is 4.79 Å². The van der Waals surface area contributed by atoms with Gasteiger partial charge in [0.05, 0.1) is 0 Å². The standard InChI is InChI=1S/C19H23NO/c1-14(15(2)21)12-19(20)13-16-8-10-18(11-9-16)17-6-4-3-5-7-17/h3-11,14,19H,12-13,20H2,1-2H3/t14-,19?/m1/s1. The van der Waals surface area contributed by atoms with Crippen LogP contribution in [0.25, 0.3) is 11.1 Å².